The van der Waals surface area contributed by atoms with E-state index in [4.69, 9.17) is 16.3 Å². The summed E-state index contributed by atoms with van der Waals surface area (Å²) in [6, 6.07) is 11.7. The first kappa shape index (κ1) is 24.4. The van der Waals surface area contributed by atoms with Gasteiger partial charge in [-0.25, -0.2) is 8.42 Å². The summed E-state index contributed by atoms with van der Waals surface area (Å²) < 4.78 is 31.3. The number of carbonyl (C=O) groups excluding carboxylic acids is 1. The van der Waals surface area contributed by atoms with E-state index in [1.807, 2.05) is 18.2 Å². The first-order valence-corrected chi connectivity index (χ1v) is 12.8. The zero-order chi connectivity index (χ0) is 23.3. The minimum atomic E-state index is -3.74. The highest BCUT2D eigenvalue weighted by Gasteiger charge is 2.29. The van der Waals surface area contributed by atoms with Crippen LogP contribution < -0.4 is 14.4 Å². The summed E-state index contributed by atoms with van der Waals surface area (Å²) in [5.41, 5.74) is 2.50. The number of methoxy groups -OCH3 is 1. The van der Waals surface area contributed by atoms with Gasteiger partial charge in [-0.1, -0.05) is 35.9 Å². The zero-order valence-corrected chi connectivity index (χ0v) is 20.2. The standard InChI is InChI=1S/C23H30ClN3O4S/c1-17(27(32(3,29)30)20-10-11-22(31-2)21(24)14-20)23(28)25-15-18-8-4-5-9-19(18)16-26-12-6-7-13-26/h4-5,8-11,14,17H,6-7,12-13,15-16H2,1-3H3,(H,25,28)/t17-/m0/s1. The van der Waals surface area contributed by atoms with Crippen molar-refractivity contribution in [2.24, 2.45) is 0 Å². The molecule has 174 valence electrons. The molecule has 0 radical (unpaired) electrons. The lowest BCUT2D eigenvalue weighted by Gasteiger charge is -2.28. The number of amides is 1. The molecule has 1 aliphatic rings. The van der Waals surface area contributed by atoms with E-state index in [1.54, 1.807) is 19.1 Å². The van der Waals surface area contributed by atoms with Crippen molar-refractivity contribution >= 4 is 33.2 Å². The molecule has 0 unspecified atom stereocenters. The molecule has 2 aromatic rings. The second-order valence-corrected chi connectivity index (χ2v) is 10.3. The number of benzene rings is 2. The number of carbonyl (C=O) groups is 1. The highest BCUT2D eigenvalue weighted by Crippen LogP contribution is 2.31. The van der Waals surface area contributed by atoms with Gasteiger partial charge in [-0.3, -0.25) is 14.0 Å². The highest BCUT2D eigenvalue weighted by atomic mass is 35.5. The second-order valence-electron chi connectivity index (χ2n) is 8.02. The monoisotopic (exact) mass is 479 g/mol. The van der Waals surface area contributed by atoms with Crippen molar-refractivity contribution in [3.05, 3.63) is 58.6 Å². The van der Waals surface area contributed by atoms with Crippen LogP contribution in [0.25, 0.3) is 0 Å². The summed E-state index contributed by atoms with van der Waals surface area (Å²) in [7, 11) is -2.26. The molecule has 1 N–H and O–H groups in total. The van der Waals surface area contributed by atoms with Crippen LogP contribution in [0.5, 0.6) is 5.75 Å². The van der Waals surface area contributed by atoms with E-state index in [9.17, 15) is 13.2 Å². The molecule has 1 aliphatic heterocycles. The summed E-state index contributed by atoms with van der Waals surface area (Å²) in [6.45, 7) is 4.91. The predicted molar refractivity (Wildman–Crippen MR) is 128 cm³/mol. The number of anilines is 1. The molecule has 0 aliphatic carbocycles. The van der Waals surface area contributed by atoms with E-state index in [-0.39, 0.29) is 5.02 Å². The molecule has 2 aromatic carbocycles. The van der Waals surface area contributed by atoms with Crippen LogP contribution in [0.2, 0.25) is 5.02 Å². The van der Waals surface area contributed by atoms with Crippen LogP contribution in [0.3, 0.4) is 0 Å². The minimum absolute atomic E-state index is 0.266. The SMILES string of the molecule is COc1ccc(N([C@@H](C)C(=O)NCc2ccccc2CN2CCCC2)S(C)(=O)=O)cc1Cl. The normalized spacial score (nSPS) is 15.4. The first-order chi connectivity index (χ1) is 15.2. The van der Waals surface area contributed by atoms with Gasteiger partial charge < -0.3 is 10.1 Å². The molecule has 3 rings (SSSR count). The first-order valence-electron chi connectivity index (χ1n) is 10.6. The van der Waals surface area contributed by atoms with E-state index >= 15 is 0 Å². The van der Waals surface area contributed by atoms with E-state index in [2.05, 4.69) is 16.3 Å². The Hall–Kier alpha value is -2.29. The number of nitrogens with zero attached hydrogens (tertiary/aromatic N) is 2. The van der Waals surface area contributed by atoms with E-state index in [0.717, 1.165) is 35.8 Å². The lowest BCUT2D eigenvalue weighted by Crippen LogP contribution is -2.47. The molecule has 32 heavy (non-hydrogen) atoms. The fraction of sp³-hybridized carbons (Fsp3) is 0.435. The Morgan fingerprint density at radius 1 is 1.19 bits per heavy atom. The van der Waals surface area contributed by atoms with Crippen LogP contribution >= 0.6 is 11.6 Å². The Balaban J connectivity index is 1.74. The molecule has 1 heterocycles. The average Bonchev–Trinajstić information content (AvgIpc) is 3.25. The fourth-order valence-corrected chi connectivity index (χ4v) is 5.42. The molecule has 1 atom stereocenters. The number of sulfonamides is 1. The van der Waals surface area contributed by atoms with Crippen molar-refractivity contribution in [2.75, 3.05) is 30.8 Å². The van der Waals surface area contributed by atoms with E-state index < -0.39 is 22.0 Å². The van der Waals surface area contributed by atoms with E-state index in [1.165, 1.54) is 31.6 Å². The van der Waals surface area contributed by atoms with Gasteiger partial charge in [0, 0.05) is 13.1 Å². The number of halogens is 1. The van der Waals surface area contributed by atoms with E-state index in [0.29, 0.717) is 18.0 Å². The van der Waals surface area contributed by atoms with Gasteiger partial charge in [0.25, 0.3) is 0 Å². The number of likely N-dealkylation sites (tertiary alicyclic amines) is 1. The van der Waals surface area contributed by atoms with Gasteiger partial charge in [0.1, 0.15) is 11.8 Å². The number of hydrogen-bond acceptors (Lipinski definition) is 5. The maximum Gasteiger partial charge on any atom is 0.243 e. The molecule has 0 aromatic heterocycles. The Morgan fingerprint density at radius 2 is 1.84 bits per heavy atom. The molecule has 0 spiro atoms. The van der Waals surface area contributed by atoms with Crippen LogP contribution in [-0.2, 0) is 27.9 Å². The second kappa shape index (κ2) is 10.6. The van der Waals surface area contributed by atoms with Crippen molar-refractivity contribution in [3.8, 4) is 5.75 Å². The number of ether oxygens (including phenoxy) is 1. The summed E-state index contributed by atoms with van der Waals surface area (Å²) in [4.78, 5) is 15.4. The summed E-state index contributed by atoms with van der Waals surface area (Å²) in [5, 5.41) is 3.17. The summed E-state index contributed by atoms with van der Waals surface area (Å²) in [6.07, 6.45) is 3.50. The third kappa shape index (κ3) is 5.94. The third-order valence-electron chi connectivity index (χ3n) is 5.64. The molecule has 0 saturated carbocycles. The quantitative estimate of drug-likeness (QED) is 0.596. The molecule has 1 amide bonds. The molecule has 1 saturated heterocycles. The van der Waals surface area contributed by atoms with Crippen LogP contribution in [0.15, 0.2) is 42.5 Å². The summed E-state index contributed by atoms with van der Waals surface area (Å²) >= 11 is 6.19. The van der Waals surface area contributed by atoms with Gasteiger partial charge in [0.15, 0.2) is 0 Å². The third-order valence-corrected chi connectivity index (χ3v) is 7.18. The van der Waals surface area contributed by atoms with Gasteiger partial charge in [0.05, 0.1) is 24.1 Å². The van der Waals surface area contributed by atoms with Crippen LogP contribution in [0, 0.1) is 0 Å². The van der Waals surface area contributed by atoms with Gasteiger partial charge in [-0.2, -0.15) is 0 Å². The number of rotatable bonds is 9. The lowest BCUT2D eigenvalue weighted by molar-refractivity contribution is -0.122. The van der Waals surface area contributed by atoms with Crippen molar-refractivity contribution in [1.82, 2.24) is 10.2 Å². The Bertz CT molecular complexity index is 1050. The predicted octanol–water partition coefficient (Wildman–Crippen LogP) is 3.42. The largest absolute Gasteiger partial charge is 0.495 e. The molecule has 0 bridgehead atoms. The van der Waals surface area contributed by atoms with Crippen molar-refractivity contribution in [3.63, 3.8) is 0 Å². The smallest absolute Gasteiger partial charge is 0.243 e. The Morgan fingerprint density at radius 3 is 2.44 bits per heavy atom. The lowest BCUT2D eigenvalue weighted by atomic mass is 10.1. The molecule has 7 nitrogen and oxygen atoms in total. The van der Waals surface area contributed by atoms with Gasteiger partial charge in [-0.05, 0) is 62.2 Å². The van der Waals surface area contributed by atoms with Gasteiger partial charge in [-0.15, -0.1) is 0 Å². The molecular formula is C23H30ClN3O4S. The molecule has 9 heteroatoms. The topological polar surface area (TPSA) is 79.0 Å². The van der Waals surface area contributed by atoms with Crippen molar-refractivity contribution in [2.45, 2.75) is 38.9 Å². The zero-order valence-electron chi connectivity index (χ0n) is 18.7. The molecule has 1 fully saturated rings. The average molecular weight is 480 g/mol. The number of nitrogens with one attached hydrogen (secondary N) is 1. The Kier molecular flexibility index (Phi) is 8.03. The van der Waals surface area contributed by atoms with Gasteiger partial charge >= 0.3 is 0 Å². The Labute approximate surface area is 195 Å². The van der Waals surface area contributed by atoms with Crippen LogP contribution in [-0.4, -0.2) is 51.7 Å². The maximum atomic E-state index is 13.0. The molecular weight excluding hydrogens is 450 g/mol. The van der Waals surface area contributed by atoms with Crippen molar-refractivity contribution in [1.29, 1.82) is 0 Å². The summed E-state index contributed by atoms with van der Waals surface area (Å²) in [5.74, 6) is 0.0360. The highest BCUT2D eigenvalue weighted by molar-refractivity contribution is 7.92. The number of hydrogen-bond donors (Lipinski definition) is 1. The van der Waals surface area contributed by atoms with Crippen molar-refractivity contribution < 1.29 is 17.9 Å². The fourth-order valence-electron chi connectivity index (χ4n) is 4.00. The maximum absolute atomic E-state index is 13.0. The van der Waals surface area contributed by atoms with Crippen LogP contribution in [0.1, 0.15) is 30.9 Å². The van der Waals surface area contributed by atoms with Crippen LogP contribution in [0.4, 0.5) is 5.69 Å². The van der Waals surface area contributed by atoms with Gasteiger partial charge in [0.2, 0.25) is 15.9 Å². The minimum Gasteiger partial charge on any atom is -0.495 e.